The quantitative estimate of drug-likeness (QED) is 0.273. The molecule has 0 spiro atoms. The number of nitrogens with one attached hydrogen (secondary N) is 1. The number of ether oxygens (including phenoxy) is 1. The lowest BCUT2D eigenvalue weighted by Crippen LogP contribution is -2.21. The molecule has 0 radical (unpaired) electrons. The first-order valence-electron chi connectivity index (χ1n) is 12.8. The molecule has 4 aromatic carbocycles. The number of anilines is 2. The van der Waals surface area contributed by atoms with Crippen LogP contribution in [0.1, 0.15) is 11.1 Å². The van der Waals surface area contributed by atoms with Gasteiger partial charge >= 0.3 is 0 Å². The van der Waals surface area contributed by atoms with Crippen LogP contribution in [0.5, 0.6) is 5.75 Å². The molecule has 0 saturated heterocycles. The van der Waals surface area contributed by atoms with Crippen molar-refractivity contribution in [1.29, 1.82) is 0 Å². The third-order valence-corrected chi connectivity index (χ3v) is 6.31. The molecule has 0 aliphatic heterocycles. The number of rotatable bonds is 8. The zero-order chi connectivity index (χ0) is 28.1. The Morgan fingerprint density at radius 3 is 2.45 bits per heavy atom. The normalized spacial score (nSPS) is 11.1. The van der Waals surface area contributed by atoms with Gasteiger partial charge in [0.15, 0.2) is 12.4 Å². The van der Waals surface area contributed by atoms with Crippen LogP contribution in [0.2, 0.25) is 0 Å². The van der Waals surface area contributed by atoms with Crippen LogP contribution in [0, 0.1) is 6.92 Å². The summed E-state index contributed by atoms with van der Waals surface area (Å²) in [4.78, 5) is 32.8. The average Bonchev–Trinajstić information content (AvgIpc) is 2.97. The summed E-state index contributed by atoms with van der Waals surface area (Å²) >= 11 is 0. The zero-order valence-corrected chi connectivity index (χ0v) is 22.5. The van der Waals surface area contributed by atoms with Crippen molar-refractivity contribution in [3.05, 3.63) is 119 Å². The van der Waals surface area contributed by atoms with Crippen LogP contribution >= 0.6 is 0 Å². The number of nitrogens with zero attached hydrogens (tertiary/aromatic N) is 4. The molecule has 0 bridgehead atoms. The molecule has 40 heavy (non-hydrogen) atoms. The minimum absolute atomic E-state index is 0.196. The number of fused-ring (bicyclic) bond motifs is 1. The van der Waals surface area contributed by atoms with E-state index in [-0.39, 0.29) is 18.1 Å². The molecule has 0 atom stereocenters. The van der Waals surface area contributed by atoms with E-state index < -0.39 is 0 Å². The van der Waals surface area contributed by atoms with Crippen molar-refractivity contribution >= 4 is 34.4 Å². The topological polar surface area (TPSA) is 88.8 Å². The lowest BCUT2D eigenvalue weighted by molar-refractivity contribution is -0.118. The van der Waals surface area contributed by atoms with E-state index in [4.69, 9.17) is 9.72 Å². The molecule has 8 nitrogen and oxygen atoms in total. The van der Waals surface area contributed by atoms with E-state index in [9.17, 15) is 9.59 Å². The van der Waals surface area contributed by atoms with E-state index in [0.29, 0.717) is 33.7 Å². The van der Waals surface area contributed by atoms with Crippen LogP contribution < -0.4 is 20.5 Å². The van der Waals surface area contributed by atoms with Gasteiger partial charge in [0.2, 0.25) is 0 Å². The van der Waals surface area contributed by atoms with Gasteiger partial charge in [-0.25, -0.2) is 4.98 Å². The van der Waals surface area contributed by atoms with Gasteiger partial charge in [-0.2, -0.15) is 9.78 Å². The summed E-state index contributed by atoms with van der Waals surface area (Å²) < 4.78 is 7.25. The lowest BCUT2D eigenvalue weighted by Gasteiger charge is -2.16. The van der Waals surface area contributed by atoms with Crippen LogP contribution in [-0.4, -0.2) is 42.5 Å². The molecule has 1 aromatic heterocycles. The fraction of sp³-hybridized carbons (Fsp3) is 0.125. The Balaban J connectivity index is 1.49. The van der Waals surface area contributed by atoms with E-state index in [1.165, 1.54) is 4.68 Å². The van der Waals surface area contributed by atoms with Gasteiger partial charge in [-0.1, -0.05) is 60.2 Å². The van der Waals surface area contributed by atoms with Gasteiger partial charge in [0.1, 0.15) is 5.75 Å². The molecule has 1 amide bonds. The summed E-state index contributed by atoms with van der Waals surface area (Å²) in [6.07, 6.45) is 1.55. The highest BCUT2D eigenvalue weighted by Crippen LogP contribution is 2.25. The first-order chi connectivity index (χ1) is 19.4. The van der Waals surface area contributed by atoms with Crippen molar-refractivity contribution in [2.45, 2.75) is 6.92 Å². The fourth-order valence-corrected chi connectivity index (χ4v) is 4.13. The molecule has 5 aromatic rings. The molecule has 200 valence electrons. The summed E-state index contributed by atoms with van der Waals surface area (Å²) in [5.74, 6) is 0.589. The van der Waals surface area contributed by atoms with E-state index >= 15 is 0 Å². The van der Waals surface area contributed by atoms with E-state index in [1.807, 2.05) is 111 Å². The maximum absolute atomic E-state index is 13.5. The van der Waals surface area contributed by atoms with E-state index in [0.717, 1.165) is 16.8 Å². The molecule has 0 unspecified atom stereocenters. The zero-order valence-electron chi connectivity index (χ0n) is 22.5. The fourth-order valence-electron chi connectivity index (χ4n) is 4.13. The number of carbonyl (C=O) groups excluding carboxylic acids is 1. The Hall–Kier alpha value is -5.24. The minimum atomic E-state index is -0.289. The molecular weight excluding hydrogens is 502 g/mol. The second-order valence-electron chi connectivity index (χ2n) is 9.50. The number of aromatic nitrogens is 2. The summed E-state index contributed by atoms with van der Waals surface area (Å²) in [6.45, 7) is 1.79. The smallest absolute Gasteiger partial charge is 0.282 e. The van der Waals surface area contributed by atoms with Crippen LogP contribution in [-0.2, 0) is 4.79 Å². The number of hydrogen-bond acceptors (Lipinski definition) is 6. The van der Waals surface area contributed by atoms with Crippen molar-refractivity contribution in [3.8, 4) is 17.1 Å². The van der Waals surface area contributed by atoms with Gasteiger partial charge in [-0.05, 0) is 43.3 Å². The summed E-state index contributed by atoms with van der Waals surface area (Å²) in [5, 5.41) is 7.87. The van der Waals surface area contributed by atoms with Crippen LogP contribution in [0.4, 0.5) is 11.4 Å². The van der Waals surface area contributed by atoms with Gasteiger partial charge in [-0.3, -0.25) is 9.59 Å². The van der Waals surface area contributed by atoms with Crippen LogP contribution in [0.25, 0.3) is 22.3 Å². The Bertz CT molecular complexity index is 1740. The average molecular weight is 532 g/mol. The molecule has 0 aliphatic rings. The lowest BCUT2D eigenvalue weighted by atomic mass is 10.2. The summed E-state index contributed by atoms with van der Waals surface area (Å²) in [6, 6.07) is 29.8. The minimum Gasteiger partial charge on any atom is -0.483 e. The van der Waals surface area contributed by atoms with Gasteiger partial charge in [0.05, 0.1) is 17.1 Å². The van der Waals surface area contributed by atoms with Gasteiger partial charge in [0, 0.05) is 42.7 Å². The third kappa shape index (κ3) is 5.91. The molecular formula is C32H29N5O3. The summed E-state index contributed by atoms with van der Waals surface area (Å²) in [5.41, 5.74) is 4.36. The monoisotopic (exact) mass is 531 g/mol. The standard InChI is InChI=1S/C32H29N5O3/c1-22-13-16-25(17-14-22)34-30(38)21-40-29-19-26(36(2)3)18-15-24(29)20-33-37-31(23-9-5-4-6-10-23)35-28-12-8-7-11-27(28)32(37)39/h4-20H,21H2,1-3H3,(H,34,38). The van der Waals surface area contributed by atoms with Crippen LogP contribution in [0.15, 0.2) is 107 Å². The van der Waals surface area contributed by atoms with Gasteiger partial charge in [-0.15, -0.1) is 0 Å². The van der Waals surface area contributed by atoms with Crippen LogP contribution in [0.3, 0.4) is 0 Å². The molecule has 0 fully saturated rings. The molecule has 5 rings (SSSR count). The number of hydrogen-bond donors (Lipinski definition) is 1. The van der Waals surface area contributed by atoms with E-state index in [1.54, 1.807) is 18.3 Å². The highest BCUT2D eigenvalue weighted by atomic mass is 16.5. The number of aryl methyl sites for hydroxylation is 1. The Kier molecular flexibility index (Phi) is 7.68. The first-order valence-corrected chi connectivity index (χ1v) is 12.8. The Morgan fingerprint density at radius 1 is 0.975 bits per heavy atom. The SMILES string of the molecule is Cc1ccc(NC(=O)COc2cc(N(C)C)ccc2C=Nn2c(-c3ccccc3)nc3ccccc3c2=O)cc1. The maximum atomic E-state index is 13.5. The Labute approximate surface area is 232 Å². The van der Waals surface area contributed by atoms with Crippen molar-refractivity contribution in [3.63, 3.8) is 0 Å². The first kappa shape index (κ1) is 26.4. The molecule has 1 heterocycles. The van der Waals surface area contributed by atoms with Gasteiger partial charge < -0.3 is 15.0 Å². The predicted octanol–water partition coefficient (Wildman–Crippen LogP) is 5.34. The van der Waals surface area contributed by atoms with Crippen molar-refractivity contribution in [2.75, 3.05) is 30.9 Å². The second kappa shape index (κ2) is 11.7. The van der Waals surface area contributed by atoms with Gasteiger partial charge in [0.25, 0.3) is 11.5 Å². The molecule has 0 aliphatic carbocycles. The highest BCUT2D eigenvalue weighted by Gasteiger charge is 2.13. The second-order valence-corrected chi connectivity index (χ2v) is 9.50. The highest BCUT2D eigenvalue weighted by molar-refractivity contribution is 5.92. The molecule has 1 N–H and O–H groups in total. The maximum Gasteiger partial charge on any atom is 0.282 e. The summed E-state index contributed by atoms with van der Waals surface area (Å²) in [7, 11) is 3.84. The Morgan fingerprint density at radius 2 is 1.70 bits per heavy atom. The van der Waals surface area contributed by atoms with Crippen molar-refractivity contribution in [1.82, 2.24) is 9.66 Å². The van der Waals surface area contributed by atoms with Crippen molar-refractivity contribution in [2.24, 2.45) is 5.10 Å². The molecule has 8 heteroatoms. The number of carbonyl (C=O) groups is 1. The number of para-hydroxylation sites is 1. The third-order valence-electron chi connectivity index (χ3n) is 6.31. The van der Waals surface area contributed by atoms with Crippen molar-refractivity contribution < 1.29 is 9.53 Å². The van der Waals surface area contributed by atoms with E-state index in [2.05, 4.69) is 10.4 Å². The number of benzene rings is 4. The molecule has 0 saturated carbocycles. The number of amides is 1. The largest absolute Gasteiger partial charge is 0.483 e. The predicted molar refractivity (Wildman–Crippen MR) is 161 cm³/mol.